The van der Waals surface area contributed by atoms with E-state index in [0.29, 0.717) is 30.5 Å². The molecule has 23 heavy (non-hydrogen) atoms. The number of nitrogens with one attached hydrogen (secondary N) is 1. The Bertz CT molecular complexity index is 519. The van der Waals surface area contributed by atoms with Crippen molar-refractivity contribution in [2.75, 3.05) is 32.6 Å². The Hall–Kier alpha value is -1.91. The highest BCUT2D eigenvalue weighted by molar-refractivity contribution is 5.77. The molecule has 0 bridgehead atoms. The van der Waals surface area contributed by atoms with Gasteiger partial charge in [0.1, 0.15) is 0 Å². The van der Waals surface area contributed by atoms with Crippen LogP contribution in [0.5, 0.6) is 11.5 Å². The lowest BCUT2D eigenvalue weighted by Gasteiger charge is -2.35. The van der Waals surface area contributed by atoms with Crippen molar-refractivity contribution in [3.05, 3.63) is 18.2 Å². The van der Waals surface area contributed by atoms with E-state index in [1.165, 1.54) is 6.42 Å². The number of amides is 1. The lowest BCUT2D eigenvalue weighted by molar-refractivity contribution is -0.134. The van der Waals surface area contributed by atoms with Crippen molar-refractivity contribution in [3.63, 3.8) is 0 Å². The molecule has 1 aromatic rings. The third kappa shape index (κ3) is 4.53. The number of piperidine rings is 1. The molecule has 1 saturated heterocycles. The number of likely N-dealkylation sites (tertiary alicyclic amines) is 1. The molecule has 5 nitrogen and oxygen atoms in total. The van der Waals surface area contributed by atoms with E-state index in [1.807, 2.05) is 18.2 Å². The van der Waals surface area contributed by atoms with Gasteiger partial charge in [0.05, 0.1) is 14.2 Å². The van der Waals surface area contributed by atoms with Gasteiger partial charge in [-0.05, 0) is 37.8 Å². The van der Waals surface area contributed by atoms with Gasteiger partial charge in [-0.2, -0.15) is 0 Å². The van der Waals surface area contributed by atoms with Gasteiger partial charge in [-0.15, -0.1) is 0 Å². The first kappa shape index (κ1) is 17.4. The predicted molar refractivity (Wildman–Crippen MR) is 92.3 cm³/mol. The van der Waals surface area contributed by atoms with Gasteiger partial charge >= 0.3 is 0 Å². The molecular weight excluding hydrogens is 292 g/mol. The first-order valence-corrected chi connectivity index (χ1v) is 8.45. The van der Waals surface area contributed by atoms with E-state index < -0.39 is 0 Å². The molecule has 0 spiro atoms. The van der Waals surface area contributed by atoms with Gasteiger partial charge in [-0.1, -0.05) is 6.92 Å². The van der Waals surface area contributed by atoms with Crippen LogP contribution in [-0.4, -0.2) is 44.2 Å². The summed E-state index contributed by atoms with van der Waals surface area (Å²) < 4.78 is 10.5. The minimum Gasteiger partial charge on any atom is -0.493 e. The van der Waals surface area contributed by atoms with Crippen molar-refractivity contribution >= 4 is 11.6 Å². The van der Waals surface area contributed by atoms with E-state index in [9.17, 15) is 4.79 Å². The summed E-state index contributed by atoms with van der Waals surface area (Å²) in [5, 5.41) is 3.29. The number of benzene rings is 1. The SMILES string of the molecule is CCC1CCCCN1C(=O)CCNc1ccc(OC)c(OC)c1. The van der Waals surface area contributed by atoms with E-state index in [1.54, 1.807) is 14.2 Å². The topological polar surface area (TPSA) is 50.8 Å². The van der Waals surface area contributed by atoms with Crippen LogP contribution >= 0.6 is 0 Å². The molecule has 1 aliphatic rings. The second-order valence-electron chi connectivity index (χ2n) is 5.89. The zero-order valence-electron chi connectivity index (χ0n) is 14.4. The van der Waals surface area contributed by atoms with E-state index in [-0.39, 0.29) is 5.91 Å². The Morgan fingerprint density at radius 1 is 1.26 bits per heavy atom. The van der Waals surface area contributed by atoms with Gasteiger partial charge in [0, 0.05) is 37.3 Å². The molecule has 1 aliphatic heterocycles. The van der Waals surface area contributed by atoms with Crippen LogP contribution in [0.4, 0.5) is 5.69 Å². The molecule has 1 heterocycles. The first-order valence-electron chi connectivity index (χ1n) is 8.45. The average molecular weight is 320 g/mol. The number of nitrogens with zero attached hydrogens (tertiary/aromatic N) is 1. The summed E-state index contributed by atoms with van der Waals surface area (Å²) in [6.45, 7) is 3.70. The summed E-state index contributed by atoms with van der Waals surface area (Å²) in [5.41, 5.74) is 0.932. The molecule has 5 heteroatoms. The Morgan fingerprint density at radius 3 is 2.74 bits per heavy atom. The highest BCUT2D eigenvalue weighted by Crippen LogP contribution is 2.29. The van der Waals surface area contributed by atoms with E-state index >= 15 is 0 Å². The lowest BCUT2D eigenvalue weighted by Crippen LogP contribution is -2.43. The zero-order chi connectivity index (χ0) is 16.7. The van der Waals surface area contributed by atoms with Gasteiger partial charge in [0.25, 0.3) is 0 Å². The number of anilines is 1. The molecule has 1 atom stereocenters. The molecule has 0 radical (unpaired) electrons. The average Bonchev–Trinajstić information content (AvgIpc) is 2.61. The van der Waals surface area contributed by atoms with Gasteiger partial charge < -0.3 is 19.7 Å². The van der Waals surface area contributed by atoms with Crippen LogP contribution in [0.15, 0.2) is 18.2 Å². The van der Waals surface area contributed by atoms with Crippen molar-refractivity contribution in [1.29, 1.82) is 0 Å². The highest BCUT2D eigenvalue weighted by Gasteiger charge is 2.24. The summed E-state index contributed by atoms with van der Waals surface area (Å²) in [7, 11) is 3.23. The summed E-state index contributed by atoms with van der Waals surface area (Å²) in [4.78, 5) is 14.5. The minimum atomic E-state index is 0.254. The number of hydrogen-bond acceptors (Lipinski definition) is 4. The largest absolute Gasteiger partial charge is 0.493 e. The second-order valence-corrected chi connectivity index (χ2v) is 5.89. The number of carbonyl (C=O) groups is 1. The number of rotatable bonds is 7. The molecular formula is C18H28N2O3. The van der Waals surface area contributed by atoms with Gasteiger partial charge in [0.15, 0.2) is 11.5 Å². The fourth-order valence-electron chi connectivity index (χ4n) is 3.16. The summed E-state index contributed by atoms with van der Waals surface area (Å²) >= 11 is 0. The molecule has 128 valence electrons. The summed E-state index contributed by atoms with van der Waals surface area (Å²) in [6.07, 6.45) is 5.09. The fraction of sp³-hybridized carbons (Fsp3) is 0.611. The Morgan fingerprint density at radius 2 is 2.04 bits per heavy atom. The van der Waals surface area contributed by atoms with Crippen LogP contribution in [0.3, 0.4) is 0 Å². The maximum absolute atomic E-state index is 12.4. The molecule has 2 rings (SSSR count). The standard InChI is InChI=1S/C18H28N2O3/c1-4-15-7-5-6-12-20(15)18(21)10-11-19-14-8-9-16(22-2)17(13-14)23-3/h8-9,13,15,19H,4-7,10-12H2,1-3H3. The maximum Gasteiger partial charge on any atom is 0.224 e. The normalized spacial score (nSPS) is 17.7. The van der Waals surface area contributed by atoms with Crippen molar-refractivity contribution < 1.29 is 14.3 Å². The van der Waals surface area contributed by atoms with Gasteiger partial charge in [-0.3, -0.25) is 4.79 Å². The molecule has 0 saturated carbocycles. The smallest absolute Gasteiger partial charge is 0.224 e. The highest BCUT2D eigenvalue weighted by atomic mass is 16.5. The van der Waals surface area contributed by atoms with Crippen LogP contribution in [-0.2, 0) is 4.79 Å². The van der Waals surface area contributed by atoms with Gasteiger partial charge in [0.2, 0.25) is 5.91 Å². The predicted octanol–water partition coefficient (Wildman–Crippen LogP) is 3.30. The van der Waals surface area contributed by atoms with E-state index in [4.69, 9.17) is 9.47 Å². The fourth-order valence-corrected chi connectivity index (χ4v) is 3.16. The van der Waals surface area contributed by atoms with E-state index in [0.717, 1.165) is 31.5 Å². The Labute approximate surface area is 139 Å². The van der Waals surface area contributed by atoms with Crippen molar-refractivity contribution in [1.82, 2.24) is 4.90 Å². The monoisotopic (exact) mass is 320 g/mol. The molecule has 1 amide bonds. The first-order chi connectivity index (χ1) is 11.2. The number of hydrogen-bond donors (Lipinski definition) is 1. The molecule has 0 aliphatic carbocycles. The summed E-state index contributed by atoms with van der Waals surface area (Å²) in [5.74, 6) is 1.64. The number of methoxy groups -OCH3 is 2. The summed E-state index contributed by atoms with van der Waals surface area (Å²) in [6, 6.07) is 6.11. The van der Waals surface area contributed by atoms with E-state index in [2.05, 4.69) is 17.1 Å². The lowest BCUT2D eigenvalue weighted by atomic mass is 9.99. The number of carbonyl (C=O) groups excluding carboxylic acids is 1. The zero-order valence-corrected chi connectivity index (χ0v) is 14.4. The van der Waals surface area contributed by atoms with Crippen molar-refractivity contribution in [3.8, 4) is 11.5 Å². The Kier molecular flexibility index (Phi) is 6.56. The molecule has 1 fully saturated rings. The third-order valence-electron chi connectivity index (χ3n) is 4.47. The van der Waals surface area contributed by atoms with Crippen LogP contribution in [0.1, 0.15) is 39.0 Å². The Balaban J connectivity index is 1.85. The van der Waals surface area contributed by atoms with Crippen molar-refractivity contribution in [2.24, 2.45) is 0 Å². The minimum absolute atomic E-state index is 0.254. The van der Waals surface area contributed by atoms with Crippen LogP contribution in [0, 0.1) is 0 Å². The molecule has 1 unspecified atom stereocenters. The quantitative estimate of drug-likeness (QED) is 0.837. The molecule has 0 aromatic heterocycles. The maximum atomic E-state index is 12.4. The third-order valence-corrected chi connectivity index (χ3v) is 4.47. The number of ether oxygens (including phenoxy) is 2. The van der Waals surface area contributed by atoms with Crippen molar-refractivity contribution in [2.45, 2.75) is 45.1 Å². The second kappa shape index (κ2) is 8.65. The molecule has 1 N–H and O–H groups in total. The molecule has 1 aromatic carbocycles. The van der Waals surface area contributed by atoms with Gasteiger partial charge in [-0.25, -0.2) is 0 Å². The van der Waals surface area contributed by atoms with Crippen LogP contribution in [0.2, 0.25) is 0 Å². The van der Waals surface area contributed by atoms with Crippen LogP contribution in [0.25, 0.3) is 0 Å². The van der Waals surface area contributed by atoms with Crippen LogP contribution < -0.4 is 14.8 Å².